The Morgan fingerprint density at radius 1 is 1.14 bits per heavy atom. The van der Waals surface area contributed by atoms with Gasteiger partial charge in [-0.3, -0.25) is 8.37 Å². The van der Waals surface area contributed by atoms with Crippen molar-refractivity contribution in [2.75, 3.05) is 25.0 Å². The Morgan fingerprint density at radius 3 is 1.93 bits per heavy atom. The maximum atomic E-state index is 10.6. The van der Waals surface area contributed by atoms with E-state index in [1.807, 2.05) is 0 Å². The fourth-order valence-electron chi connectivity index (χ4n) is 0.545. The quantitative estimate of drug-likeness (QED) is 0.478. The lowest BCUT2D eigenvalue weighted by atomic mass is 10.4. The summed E-state index contributed by atoms with van der Waals surface area (Å²) in [6.07, 6.45) is 0.688. The van der Waals surface area contributed by atoms with Gasteiger partial charge in [-0.1, -0.05) is 0 Å². The van der Waals surface area contributed by atoms with E-state index in [0.29, 0.717) is 0 Å². The van der Waals surface area contributed by atoms with Crippen molar-refractivity contribution in [2.24, 2.45) is 0 Å². The first-order chi connectivity index (χ1) is 6.14. The van der Waals surface area contributed by atoms with Gasteiger partial charge in [-0.25, -0.2) is 0 Å². The highest BCUT2D eigenvalue weighted by molar-refractivity contribution is 7.86. The molecule has 0 aliphatic rings. The molecule has 0 amide bonds. The summed E-state index contributed by atoms with van der Waals surface area (Å²) in [5.74, 6) is -0.178. The van der Waals surface area contributed by atoms with Crippen LogP contribution in [0.3, 0.4) is 0 Å². The van der Waals surface area contributed by atoms with Gasteiger partial charge in [0, 0.05) is 0 Å². The summed E-state index contributed by atoms with van der Waals surface area (Å²) in [5, 5.41) is 0. The molecule has 1 unspecified atom stereocenters. The Morgan fingerprint density at radius 2 is 1.64 bits per heavy atom. The SMILES string of the molecule is CS(=O)(=O)OCC(CCl)OS(C)(=O)=O. The molecule has 0 aliphatic heterocycles. The van der Waals surface area contributed by atoms with Gasteiger partial charge in [-0.2, -0.15) is 16.8 Å². The topological polar surface area (TPSA) is 86.7 Å². The number of hydrogen-bond acceptors (Lipinski definition) is 6. The Hall–Kier alpha value is 0.110. The van der Waals surface area contributed by atoms with E-state index in [-0.39, 0.29) is 5.88 Å². The molecule has 0 fully saturated rings. The number of hydrogen-bond donors (Lipinski definition) is 0. The van der Waals surface area contributed by atoms with E-state index < -0.39 is 32.9 Å². The van der Waals surface area contributed by atoms with E-state index >= 15 is 0 Å². The second-order valence-corrected chi connectivity index (χ2v) is 6.12. The van der Waals surface area contributed by atoms with Crippen molar-refractivity contribution >= 4 is 31.8 Å². The molecule has 0 aromatic heterocycles. The lowest BCUT2D eigenvalue weighted by Gasteiger charge is -2.11. The number of rotatable bonds is 6. The lowest BCUT2D eigenvalue weighted by molar-refractivity contribution is 0.157. The molecule has 6 nitrogen and oxygen atoms in total. The summed E-state index contributed by atoms with van der Waals surface area (Å²) < 4.78 is 51.1. The first kappa shape index (κ1) is 14.1. The average Bonchev–Trinajstić information content (AvgIpc) is 1.94. The van der Waals surface area contributed by atoms with E-state index in [9.17, 15) is 16.8 Å². The summed E-state index contributed by atoms with van der Waals surface area (Å²) in [5.41, 5.74) is 0. The zero-order valence-corrected chi connectivity index (χ0v) is 10.0. The van der Waals surface area contributed by atoms with Crippen LogP contribution in [0.25, 0.3) is 0 Å². The zero-order valence-electron chi connectivity index (χ0n) is 7.64. The van der Waals surface area contributed by atoms with Crippen LogP contribution in [0.1, 0.15) is 0 Å². The molecule has 0 N–H and O–H groups in total. The van der Waals surface area contributed by atoms with Crippen LogP contribution in [0.2, 0.25) is 0 Å². The highest BCUT2D eigenvalue weighted by Crippen LogP contribution is 2.03. The van der Waals surface area contributed by atoms with Gasteiger partial charge in [-0.05, 0) is 0 Å². The third kappa shape index (κ3) is 8.70. The highest BCUT2D eigenvalue weighted by atomic mass is 35.5. The second kappa shape index (κ2) is 5.26. The molecule has 1 atom stereocenters. The standard InChI is InChI=1S/C5H11ClO6S2/c1-13(7,8)11-4-5(3-6)12-14(2,9)10/h5H,3-4H2,1-2H3. The third-order valence-corrected chi connectivity index (χ3v) is 2.48. The van der Waals surface area contributed by atoms with Gasteiger partial charge >= 0.3 is 0 Å². The van der Waals surface area contributed by atoms with Gasteiger partial charge in [0.2, 0.25) is 0 Å². The maximum Gasteiger partial charge on any atom is 0.264 e. The van der Waals surface area contributed by atoms with Gasteiger partial charge < -0.3 is 0 Å². The minimum Gasteiger partial charge on any atom is -0.267 e. The van der Waals surface area contributed by atoms with Gasteiger partial charge in [0.25, 0.3) is 20.2 Å². The molecule has 9 heteroatoms. The smallest absolute Gasteiger partial charge is 0.264 e. The average molecular weight is 267 g/mol. The van der Waals surface area contributed by atoms with Crippen LogP contribution >= 0.6 is 11.6 Å². The summed E-state index contributed by atoms with van der Waals surface area (Å²) in [7, 11) is -7.28. The van der Waals surface area contributed by atoms with Crippen LogP contribution in [-0.4, -0.2) is 47.9 Å². The van der Waals surface area contributed by atoms with Crippen LogP contribution in [0.15, 0.2) is 0 Å². The van der Waals surface area contributed by atoms with Crippen LogP contribution < -0.4 is 0 Å². The molecule has 0 aromatic carbocycles. The summed E-state index contributed by atoms with van der Waals surface area (Å²) in [6.45, 7) is -0.421. The fraction of sp³-hybridized carbons (Fsp3) is 1.00. The van der Waals surface area contributed by atoms with Crippen molar-refractivity contribution in [1.82, 2.24) is 0 Å². The van der Waals surface area contributed by atoms with Crippen molar-refractivity contribution in [2.45, 2.75) is 6.10 Å². The van der Waals surface area contributed by atoms with Crippen molar-refractivity contribution in [3.8, 4) is 0 Å². The van der Waals surface area contributed by atoms with E-state index in [1.165, 1.54) is 0 Å². The van der Waals surface area contributed by atoms with E-state index in [1.54, 1.807) is 0 Å². The maximum absolute atomic E-state index is 10.6. The summed E-state index contributed by atoms with van der Waals surface area (Å²) in [6, 6.07) is 0. The molecular formula is C5H11ClO6S2. The molecular weight excluding hydrogens is 256 g/mol. The number of halogens is 1. The molecule has 0 radical (unpaired) electrons. The first-order valence-corrected chi connectivity index (χ1v) is 7.59. The Bertz CT molecular complexity index is 358. The van der Waals surface area contributed by atoms with E-state index in [4.69, 9.17) is 11.6 Å². The van der Waals surface area contributed by atoms with Gasteiger partial charge in [0.05, 0.1) is 25.0 Å². The first-order valence-electron chi connectivity index (χ1n) is 3.42. The van der Waals surface area contributed by atoms with Crippen molar-refractivity contribution in [3.05, 3.63) is 0 Å². The van der Waals surface area contributed by atoms with Crippen LogP contribution in [-0.2, 0) is 28.6 Å². The molecule has 0 rings (SSSR count). The fourth-order valence-corrected chi connectivity index (χ4v) is 1.79. The largest absolute Gasteiger partial charge is 0.267 e. The molecule has 14 heavy (non-hydrogen) atoms. The van der Waals surface area contributed by atoms with Gasteiger partial charge in [0.1, 0.15) is 6.10 Å². The molecule has 0 bridgehead atoms. The van der Waals surface area contributed by atoms with Gasteiger partial charge in [-0.15, -0.1) is 11.6 Å². The van der Waals surface area contributed by atoms with Crippen LogP contribution in [0.4, 0.5) is 0 Å². The van der Waals surface area contributed by atoms with Crippen molar-refractivity contribution < 1.29 is 25.2 Å². The molecule has 0 spiro atoms. The normalized spacial score (nSPS) is 15.4. The molecule has 0 saturated heterocycles. The minimum atomic E-state index is -3.66. The molecule has 0 aromatic rings. The summed E-state index contributed by atoms with van der Waals surface area (Å²) in [4.78, 5) is 0. The zero-order chi connectivity index (χ0) is 11.4. The molecule has 86 valence electrons. The van der Waals surface area contributed by atoms with Crippen LogP contribution in [0.5, 0.6) is 0 Å². The van der Waals surface area contributed by atoms with Crippen molar-refractivity contribution in [1.29, 1.82) is 0 Å². The van der Waals surface area contributed by atoms with E-state index in [2.05, 4.69) is 8.37 Å². The van der Waals surface area contributed by atoms with E-state index in [0.717, 1.165) is 12.5 Å². The lowest BCUT2D eigenvalue weighted by Crippen LogP contribution is -2.26. The minimum absolute atomic E-state index is 0.178. The Kier molecular flexibility index (Phi) is 5.31. The van der Waals surface area contributed by atoms with Crippen LogP contribution in [0, 0.1) is 0 Å². The number of alkyl halides is 1. The molecule has 0 saturated carbocycles. The van der Waals surface area contributed by atoms with Gasteiger partial charge in [0.15, 0.2) is 0 Å². The highest BCUT2D eigenvalue weighted by Gasteiger charge is 2.17. The Labute approximate surface area is 88.4 Å². The third-order valence-electron chi connectivity index (χ3n) is 0.951. The predicted octanol–water partition coefficient (Wildman–Crippen LogP) is -0.454. The monoisotopic (exact) mass is 266 g/mol. The predicted molar refractivity (Wildman–Crippen MR) is 51.2 cm³/mol. The molecule has 0 heterocycles. The van der Waals surface area contributed by atoms with Crippen molar-refractivity contribution in [3.63, 3.8) is 0 Å². The second-order valence-electron chi connectivity index (χ2n) is 2.57. The summed E-state index contributed by atoms with van der Waals surface area (Å²) >= 11 is 5.34. The Balaban J connectivity index is 4.19. The molecule has 0 aliphatic carbocycles.